The van der Waals surface area contributed by atoms with E-state index < -0.39 is 113 Å². The molecule has 1 aliphatic carbocycles. The molecule has 8 rings (SSSR count). The Balaban J connectivity index is 0.000000460. The second-order valence-corrected chi connectivity index (χ2v) is 33.5. The zero-order valence-electron chi connectivity index (χ0n) is 86.6. The van der Waals surface area contributed by atoms with Crippen molar-refractivity contribution in [2.24, 2.45) is 17.3 Å². The molecule has 7 aromatic rings. The van der Waals surface area contributed by atoms with Crippen LogP contribution in [0, 0.1) is 17.3 Å². The van der Waals surface area contributed by atoms with Crippen molar-refractivity contribution in [2.75, 3.05) is 72.7 Å². The van der Waals surface area contributed by atoms with Crippen molar-refractivity contribution >= 4 is 107 Å². The van der Waals surface area contributed by atoms with Crippen molar-refractivity contribution in [2.45, 2.75) is 178 Å². The second kappa shape index (κ2) is 74.3. The predicted octanol–water partition coefficient (Wildman–Crippen LogP) is 14.5. The molecule has 0 bridgehead atoms. The standard InChI is InChI=1S/C21H27NO5.C21H21NO5.C19H25NO5.C18H23NO5.2C17H21NO5/c2*1-2-26-19(23)13-14-20(24)27-15-18(16-9-5-3-6-10-16)22-21(25)17-11-7-4-8-12-17;1-5-24-16(21)11-12-17(22)25-13-15(14-9-7-6-8-10-14)20-18(23)19(2,3)4;1-4-23-16(20)10-11-17(21)24-12-15(19-18(22)13(2)3)14-8-6-5-7-9-14;1-12(2)23-17(21)10-9-16(20)22-11-15(18-13(3)19)14-7-5-4-6-8-14;1-3-15(19)18-14(13-8-6-5-7-9-13)12-23-17(21)11-10-16(20)22-4-2/h3,5-6,9-10,13-14,17-18H,2,4,7-8,11-12,15H2,1H3,(H,22,25);3-14,18H,2,15H2,1H3,(H,22,25);6-12,15H,5,13H2,1-4H3,(H,20,23);5-11,13,15H,4,12H2,1-3H3,(H,19,22);4-10,12,15H,11H2,1-3H3,(H,18,19);5-11,14H,3-4,12H2,1-2H3,(H,18,19)/b2*14-13+;12-11+;11-10+;10-9+;11-10+/t2*18-;3*15-;14-/m111111/s1. The van der Waals surface area contributed by atoms with E-state index in [1.165, 1.54) is 13.3 Å². The summed E-state index contributed by atoms with van der Waals surface area (Å²) in [6.07, 6.45) is 17.3. The normalized spacial score (nSPS) is 12.7. The zero-order chi connectivity index (χ0) is 110. The van der Waals surface area contributed by atoms with Gasteiger partial charge in [-0.3, -0.25) is 28.8 Å². The van der Waals surface area contributed by atoms with Crippen LogP contribution in [0.5, 0.6) is 0 Å². The molecule has 1 fully saturated rings. The lowest BCUT2D eigenvalue weighted by atomic mass is 9.88. The van der Waals surface area contributed by atoms with E-state index in [2.05, 4.69) is 46.1 Å². The molecular formula is C113H138N6O30. The minimum absolute atomic E-state index is 0.00154. The third-order valence-corrected chi connectivity index (χ3v) is 20.0. The number of carbonyl (C=O) groups is 18. The van der Waals surface area contributed by atoms with E-state index in [1.807, 2.05) is 188 Å². The van der Waals surface area contributed by atoms with Gasteiger partial charge in [0.15, 0.2) is 0 Å². The molecule has 7 aromatic carbocycles. The quantitative estimate of drug-likeness (QED) is 0.0117. The van der Waals surface area contributed by atoms with Gasteiger partial charge in [-0.25, -0.2) is 57.5 Å². The molecule has 0 heterocycles. The van der Waals surface area contributed by atoms with Gasteiger partial charge in [0.2, 0.25) is 29.5 Å². The maximum atomic E-state index is 12.6. The fraction of sp³-hybridized carbons (Fsp3) is 0.363. The number of rotatable bonds is 46. The van der Waals surface area contributed by atoms with Crippen molar-refractivity contribution in [3.8, 4) is 0 Å². The average Bonchev–Trinajstić information content (AvgIpc) is 0.875. The summed E-state index contributed by atoms with van der Waals surface area (Å²) < 4.78 is 59.1. The molecule has 1 aliphatic rings. The Morgan fingerprint density at radius 2 is 0.523 bits per heavy atom. The van der Waals surface area contributed by atoms with Gasteiger partial charge in [-0.2, -0.15) is 0 Å². The summed E-state index contributed by atoms with van der Waals surface area (Å²) >= 11 is 0. The van der Waals surface area contributed by atoms with Crippen LogP contribution in [0.2, 0.25) is 0 Å². The van der Waals surface area contributed by atoms with Gasteiger partial charge >= 0.3 is 71.6 Å². The lowest BCUT2D eigenvalue weighted by Gasteiger charge is -2.25. The third-order valence-electron chi connectivity index (χ3n) is 20.0. The minimum Gasteiger partial charge on any atom is -0.463 e. The maximum Gasteiger partial charge on any atom is 0.331 e. The van der Waals surface area contributed by atoms with Gasteiger partial charge in [0, 0.05) is 109 Å². The molecule has 1 saturated carbocycles. The molecular weight excluding hydrogens is 1920 g/mol. The van der Waals surface area contributed by atoms with Crippen LogP contribution in [-0.4, -0.2) is 186 Å². The van der Waals surface area contributed by atoms with Gasteiger partial charge in [0.25, 0.3) is 5.91 Å². The number of amides is 6. The van der Waals surface area contributed by atoms with Crippen LogP contribution in [0.4, 0.5) is 0 Å². The summed E-state index contributed by atoms with van der Waals surface area (Å²) in [5.74, 6) is -8.83. The van der Waals surface area contributed by atoms with Crippen molar-refractivity contribution in [1.29, 1.82) is 0 Å². The first kappa shape index (κ1) is 127. The SMILES string of the molecule is CC(=O)N[C@H](COC(=O)/C=C/C(=O)OC(C)C)c1ccccc1.CCOC(=O)/C=C/C(=O)OC[C@@H](NC(=O)C(C)(C)C)c1ccccc1.CCOC(=O)/C=C/C(=O)OC[C@@H](NC(=O)C(C)C)c1ccccc1.CCOC(=O)/C=C/C(=O)OC[C@@H](NC(=O)C1CCCCC1)c1ccccc1.CCOC(=O)/C=C/C(=O)OC[C@@H](NC(=O)CC)c1ccccc1.CCOC(=O)/C=C/C(=O)OC[C@@H](NC(=O)c1ccccc1)c1ccccc1. The molecule has 6 amide bonds. The van der Waals surface area contributed by atoms with Gasteiger partial charge in [-0.1, -0.05) is 261 Å². The van der Waals surface area contributed by atoms with Gasteiger partial charge in [0.1, 0.15) is 39.6 Å². The Labute approximate surface area is 869 Å². The Bertz CT molecular complexity index is 5490. The lowest BCUT2D eigenvalue weighted by Crippen LogP contribution is -2.39. The van der Waals surface area contributed by atoms with Crippen LogP contribution >= 0.6 is 0 Å². The number of esters is 12. The fourth-order valence-corrected chi connectivity index (χ4v) is 12.5. The van der Waals surface area contributed by atoms with Crippen LogP contribution in [0.1, 0.15) is 215 Å². The van der Waals surface area contributed by atoms with Crippen LogP contribution in [0.15, 0.2) is 285 Å². The van der Waals surface area contributed by atoms with Crippen molar-refractivity contribution < 1.29 is 143 Å². The summed E-state index contributed by atoms with van der Waals surface area (Å²) in [7, 11) is 0. The first-order valence-electron chi connectivity index (χ1n) is 48.6. The Hall–Kier alpha value is -16.6. The predicted molar refractivity (Wildman–Crippen MR) is 552 cm³/mol. The van der Waals surface area contributed by atoms with E-state index in [0.29, 0.717) is 12.0 Å². The third kappa shape index (κ3) is 58.2. The number of ether oxygens (including phenoxy) is 12. The van der Waals surface area contributed by atoms with E-state index >= 15 is 0 Å². The lowest BCUT2D eigenvalue weighted by molar-refractivity contribution is -0.143. The highest BCUT2D eigenvalue weighted by molar-refractivity contribution is 5.97. The molecule has 0 radical (unpaired) electrons. The highest BCUT2D eigenvalue weighted by Crippen LogP contribution is 2.27. The van der Waals surface area contributed by atoms with E-state index in [-0.39, 0.29) is 126 Å². The van der Waals surface area contributed by atoms with Crippen LogP contribution in [-0.2, 0) is 138 Å². The molecule has 0 unspecified atom stereocenters. The smallest absolute Gasteiger partial charge is 0.331 e. The molecule has 0 saturated heterocycles. The topological polar surface area (TPSA) is 490 Å². The summed E-state index contributed by atoms with van der Waals surface area (Å²) in [6.45, 7) is 24.8. The van der Waals surface area contributed by atoms with E-state index in [4.69, 9.17) is 42.6 Å². The Morgan fingerprint density at radius 3 is 0.772 bits per heavy atom. The monoisotopic (exact) mass is 2060 g/mol. The second-order valence-electron chi connectivity index (χ2n) is 33.5. The Kier molecular flexibility index (Phi) is 63.2. The molecule has 0 spiro atoms. The summed E-state index contributed by atoms with van der Waals surface area (Å²) in [6, 6.07) is 61.4. The van der Waals surface area contributed by atoms with Gasteiger partial charge < -0.3 is 88.7 Å². The van der Waals surface area contributed by atoms with Crippen LogP contribution in [0.25, 0.3) is 0 Å². The fourth-order valence-electron chi connectivity index (χ4n) is 12.5. The number of benzene rings is 7. The minimum atomic E-state index is -0.696. The van der Waals surface area contributed by atoms with Gasteiger partial charge in [-0.05, 0) is 107 Å². The largest absolute Gasteiger partial charge is 0.463 e. The molecule has 0 aromatic heterocycles. The van der Waals surface area contributed by atoms with Gasteiger partial charge in [0.05, 0.1) is 75.4 Å². The zero-order valence-corrected chi connectivity index (χ0v) is 86.6. The van der Waals surface area contributed by atoms with E-state index in [1.54, 1.807) is 114 Å². The van der Waals surface area contributed by atoms with Crippen molar-refractivity contribution in [3.05, 3.63) is 324 Å². The molecule has 36 heteroatoms. The number of hydrogen-bond donors (Lipinski definition) is 6. The molecule has 6 atom stereocenters. The Morgan fingerprint density at radius 1 is 0.289 bits per heavy atom. The van der Waals surface area contributed by atoms with Crippen molar-refractivity contribution in [1.82, 2.24) is 31.9 Å². The van der Waals surface area contributed by atoms with Crippen molar-refractivity contribution in [3.63, 3.8) is 0 Å². The maximum absolute atomic E-state index is 12.6. The molecule has 0 aliphatic heterocycles. The summed E-state index contributed by atoms with van der Waals surface area (Å²) in [4.78, 5) is 210. The number of nitrogens with one attached hydrogen (secondary N) is 6. The highest BCUT2D eigenvalue weighted by atomic mass is 16.6. The first-order valence-corrected chi connectivity index (χ1v) is 48.6. The highest BCUT2D eigenvalue weighted by Gasteiger charge is 2.29. The summed E-state index contributed by atoms with van der Waals surface area (Å²) in [5, 5.41) is 17.1. The molecule has 36 nitrogen and oxygen atoms in total. The summed E-state index contributed by atoms with van der Waals surface area (Å²) in [5.41, 5.74) is 4.90. The van der Waals surface area contributed by atoms with Crippen LogP contribution < -0.4 is 31.9 Å². The average molecular weight is 2060 g/mol. The molecule has 149 heavy (non-hydrogen) atoms. The molecule has 6 N–H and O–H groups in total. The van der Waals surface area contributed by atoms with Crippen LogP contribution in [0.3, 0.4) is 0 Å². The van der Waals surface area contributed by atoms with Gasteiger partial charge in [-0.15, -0.1) is 0 Å². The number of hydrogen-bond acceptors (Lipinski definition) is 30. The molecule has 800 valence electrons. The number of carbonyl (C=O) groups excluding carboxylic acids is 18. The van der Waals surface area contributed by atoms with E-state index in [0.717, 1.165) is 132 Å². The van der Waals surface area contributed by atoms with E-state index in [9.17, 15) is 86.3 Å². The first-order chi connectivity index (χ1) is 71.3.